The van der Waals surface area contributed by atoms with Gasteiger partial charge in [0.25, 0.3) is 5.91 Å². The third kappa shape index (κ3) is 5.59. The topological polar surface area (TPSA) is 100 Å². The second-order valence-corrected chi connectivity index (χ2v) is 8.06. The summed E-state index contributed by atoms with van der Waals surface area (Å²) in [5.41, 5.74) is 8.21. The fraction of sp³-hybridized carbons (Fsp3) is 0.227. The molecule has 1 aromatic heterocycles. The summed E-state index contributed by atoms with van der Waals surface area (Å²) in [6, 6.07) is 13.3. The summed E-state index contributed by atoms with van der Waals surface area (Å²) < 4.78 is 2.04. The first-order chi connectivity index (χ1) is 14.0. The molecule has 2 aromatic carbocycles. The van der Waals surface area contributed by atoms with Gasteiger partial charge in [0.05, 0.1) is 10.2 Å². The van der Waals surface area contributed by atoms with Crippen LogP contribution in [-0.4, -0.2) is 16.0 Å². The van der Waals surface area contributed by atoms with Crippen LogP contribution in [0.1, 0.15) is 37.5 Å². The molecule has 0 saturated carbocycles. The Hall–Kier alpha value is -2.82. The average Bonchev–Trinajstić information content (AvgIpc) is 3.16. The maximum atomic E-state index is 11.3. The van der Waals surface area contributed by atoms with Gasteiger partial charge in [-0.1, -0.05) is 44.7 Å². The molecule has 3 rings (SSSR count). The van der Waals surface area contributed by atoms with E-state index in [2.05, 4.69) is 4.98 Å². The first-order valence-corrected chi connectivity index (χ1v) is 11.1. The van der Waals surface area contributed by atoms with Crippen molar-refractivity contribution in [2.24, 2.45) is 5.73 Å². The van der Waals surface area contributed by atoms with Crippen LogP contribution in [0.25, 0.3) is 16.3 Å². The first kappa shape index (κ1) is 22.5. The Kier molecular flexibility index (Phi) is 8.25. The Morgan fingerprint density at radius 1 is 1.31 bits per heavy atom. The van der Waals surface area contributed by atoms with Crippen LogP contribution >= 0.6 is 23.1 Å². The van der Waals surface area contributed by atoms with E-state index in [4.69, 9.17) is 11.0 Å². The van der Waals surface area contributed by atoms with Gasteiger partial charge in [0.2, 0.25) is 0 Å². The van der Waals surface area contributed by atoms with Gasteiger partial charge in [-0.15, -0.1) is 11.3 Å². The number of thiazole rings is 1. The quantitative estimate of drug-likeness (QED) is 0.318. The normalized spacial score (nSPS) is 10.9. The second-order valence-electron chi connectivity index (χ2n) is 5.81. The molecule has 0 bridgehead atoms. The molecular formula is C22H23N3O2S2. The van der Waals surface area contributed by atoms with Crippen molar-refractivity contribution in [2.75, 3.05) is 0 Å². The summed E-state index contributed by atoms with van der Waals surface area (Å²) in [6.07, 6.45) is 2.08. The van der Waals surface area contributed by atoms with E-state index in [-0.39, 0.29) is 11.3 Å². The lowest BCUT2D eigenvalue weighted by atomic mass is 10.0. The molecule has 0 radical (unpaired) electrons. The minimum Gasteiger partial charge on any atom is -0.507 e. The van der Waals surface area contributed by atoms with E-state index in [9.17, 15) is 9.90 Å². The number of carbonyl (C=O) groups is 1. The van der Waals surface area contributed by atoms with E-state index in [1.807, 2.05) is 45.0 Å². The largest absolute Gasteiger partial charge is 0.507 e. The van der Waals surface area contributed by atoms with Crippen molar-refractivity contribution in [3.8, 4) is 11.8 Å². The number of amides is 1. The van der Waals surface area contributed by atoms with Crippen LogP contribution in [0.4, 0.5) is 0 Å². The molecule has 0 saturated heterocycles. The molecule has 0 aliphatic carbocycles. The number of aromatic hydroxyl groups is 1. The summed E-state index contributed by atoms with van der Waals surface area (Å²) in [6.45, 7) is 5.94. The zero-order valence-electron chi connectivity index (χ0n) is 16.6. The lowest BCUT2D eigenvalue weighted by Crippen LogP contribution is -2.12. The van der Waals surface area contributed by atoms with Gasteiger partial charge in [-0.25, -0.2) is 4.98 Å². The minimum absolute atomic E-state index is 0.118. The summed E-state index contributed by atoms with van der Waals surface area (Å²) in [5.74, 6) is -0.00595. The van der Waals surface area contributed by atoms with Crippen molar-refractivity contribution in [1.29, 1.82) is 5.26 Å². The number of phenols is 1. The number of nitrogens with two attached hydrogens (primary N) is 1. The Bertz CT molecular complexity index is 1050. The number of nitriles is 1. The zero-order chi connectivity index (χ0) is 21.4. The van der Waals surface area contributed by atoms with Gasteiger partial charge < -0.3 is 10.8 Å². The van der Waals surface area contributed by atoms with Crippen LogP contribution in [0.3, 0.4) is 0 Å². The molecule has 1 heterocycles. The van der Waals surface area contributed by atoms with Crippen LogP contribution in [0, 0.1) is 11.3 Å². The third-order valence-corrected chi connectivity index (χ3v) is 6.22. The number of aromatic nitrogens is 1. The van der Waals surface area contributed by atoms with E-state index in [1.54, 1.807) is 41.3 Å². The molecule has 5 nitrogen and oxygen atoms in total. The molecule has 0 aliphatic rings. The Morgan fingerprint density at radius 2 is 2.00 bits per heavy atom. The van der Waals surface area contributed by atoms with E-state index in [0.29, 0.717) is 17.7 Å². The van der Waals surface area contributed by atoms with E-state index in [0.717, 1.165) is 25.7 Å². The van der Waals surface area contributed by atoms with Crippen molar-refractivity contribution >= 4 is 45.3 Å². The van der Waals surface area contributed by atoms with E-state index >= 15 is 0 Å². The molecule has 3 N–H and O–H groups in total. The molecule has 0 aliphatic heterocycles. The summed E-state index contributed by atoms with van der Waals surface area (Å²) >= 11 is 3.15. The van der Waals surface area contributed by atoms with Crippen LogP contribution in [-0.2, 0) is 17.0 Å². The Balaban J connectivity index is 0.00000145. The van der Waals surface area contributed by atoms with Gasteiger partial charge in [0, 0.05) is 11.3 Å². The number of primary amides is 1. The van der Waals surface area contributed by atoms with Crippen molar-refractivity contribution in [2.45, 2.75) is 37.3 Å². The van der Waals surface area contributed by atoms with Gasteiger partial charge in [-0.05, 0) is 47.9 Å². The molecule has 7 heteroatoms. The molecule has 1 amide bonds. The van der Waals surface area contributed by atoms with E-state index in [1.165, 1.54) is 6.08 Å². The molecule has 0 unspecified atom stereocenters. The smallest absolute Gasteiger partial charge is 0.259 e. The van der Waals surface area contributed by atoms with Gasteiger partial charge >= 0.3 is 0 Å². The highest BCUT2D eigenvalue weighted by Crippen LogP contribution is 2.35. The van der Waals surface area contributed by atoms with Crippen molar-refractivity contribution < 1.29 is 9.90 Å². The fourth-order valence-corrected chi connectivity index (χ4v) is 4.67. The lowest BCUT2D eigenvalue weighted by molar-refractivity contribution is -0.114. The van der Waals surface area contributed by atoms with Crippen LogP contribution in [0.15, 0.2) is 46.3 Å². The number of thioether (sulfide) groups is 1. The van der Waals surface area contributed by atoms with Crippen molar-refractivity contribution in [1.82, 2.24) is 4.98 Å². The highest BCUT2D eigenvalue weighted by atomic mass is 32.2. The number of rotatable bonds is 6. The number of aryl methyl sites for hydroxylation is 1. The monoisotopic (exact) mass is 425 g/mol. The number of carbonyl (C=O) groups excluding carboxylic acids is 1. The fourth-order valence-electron chi connectivity index (χ4n) is 2.63. The van der Waals surface area contributed by atoms with Crippen molar-refractivity contribution in [3.63, 3.8) is 0 Å². The molecule has 29 heavy (non-hydrogen) atoms. The number of fused-ring (bicyclic) bond motifs is 1. The van der Waals surface area contributed by atoms with Crippen LogP contribution < -0.4 is 5.73 Å². The first-order valence-electron chi connectivity index (χ1n) is 9.26. The highest BCUT2D eigenvalue weighted by Gasteiger charge is 2.12. The SMILES string of the molecule is CC.CCc1cc(/C=C(\C#N)C(N)=O)cc(CSc2nc3ccccc3s2)c1O. The summed E-state index contributed by atoms with van der Waals surface area (Å²) in [4.78, 5) is 15.9. The Labute approximate surface area is 178 Å². The molecule has 0 spiro atoms. The second kappa shape index (κ2) is 10.6. The predicted molar refractivity (Wildman–Crippen MR) is 121 cm³/mol. The van der Waals surface area contributed by atoms with Crippen molar-refractivity contribution in [3.05, 3.63) is 58.7 Å². The van der Waals surface area contributed by atoms with Crippen LogP contribution in [0.5, 0.6) is 5.75 Å². The number of para-hydroxylation sites is 1. The lowest BCUT2D eigenvalue weighted by Gasteiger charge is -2.10. The van der Waals surface area contributed by atoms with Gasteiger partial charge in [0.15, 0.2) is 4.34 Å². The minimum atomic E-state index is -0.769. The molecule has 3 aromatic rings. The van der Waals surface area contributed by atoms with E-state index < -0.39 is 5.91 Å². The third-order valence-electron chi connectivity index (χ3n) is 3.99. The number of hydrogen-bond donors (Lipinski definition) is 2. The van der Waals surface area contributed by atoms with Gasteiger partial charge in [0.1, 0.15) is 17.4 Å². The number of nitrogens with zero attached hydrogens (tertiary/aromatic N) is 2. The molecule has 0 fully saturated rings. The standard InChI is InChI=1S/C20H17N3O2S2.C2H6/c1-2-13-7-12(8-14(10-21)19(22)25)9-15(18(13)24)11-26-20-23-16-5-3-4-6-17(16)27-20;1-2/h3-9,24H,2,11H2,1H3,(H2,22,25);1-2H3/b14-8+;. The van der Waals surface area contributed by atoms with Crippen LogP contribution in [0.2, 0.25) is 0 Å². The number of hydrogen-bond acceptors (Lipinski definition) is 6. The highest BCUT2D eigenvalue weighted by molar-refractivity contribution is 8.00. The molecule has 0 atom stereocenters. The number of benzene rings is 2. The average molecular weight is 426 g/mol. The zero-order valence-corrected chi connectivity index (χ0v) is 18.2. The summed E-state index contributed by atoms with van der Waals surface area (Å²) in [7, 11) is 0. The maximum Gasteiger partial charge on any atom is 0.259 e. The van der Waals surface area contributed by atoms with Gasteiger partial charge in [-0.2, -0.15) is 5.26 Å². The number of phenolic OH excluding ortho intramolecular Hbond substituents is 1. The maximum absolute atomic E-state index is 11.3. The summed E-state index contributed by atoms with van der Waals surface area (Å²) in [5, 5.41) is 19.6. The Morgan fingerprint density at radius 3 is 2.62 bits per heavy atom. The molecule has 150 valence electrons. The molecular weight excluding hydrogens is 402 g/mol. The predicted octanol–water partition coefficient (Wildman–Crippen LogP) is 5.28. The van der Waals surface area contributed by atoms with Gasteiger partial charge in [-0.3, -0.25) is 4.79 Å².